The molecular formula is C11H19NO. The van der Waals surface area contributed by atoms with E-state index in [-0.39, 0.29) is 0 Å². The lowest BCUT2D eigenvalue weighted by Gasteiger charge is -2.28. The van der Waals surface area contributed by atoms with Gasteiger partial charge in [-0.15, -0.1) is 0 Å². The van der Waals surface area contributed by atoms with Gasteiger partial charge in [0.05, 0.1) is 6.04 Å². The van der Waals surface area contributed by atoms with E-state index in [4.69, 9.17) is 0 Å². The smallest absolute Gasteiger partial charge is 0.149 e. The van der Waals surface area contributed by atoms with E-state index in [1.54, 1.807) is 0 Å². The summed E-state index contributed by atoms with van der Waals surface area (Å²) in [6, 6.07) is 1.000. The molecule has 0 N–H and O–H groups in total. The minimum atomic E-state index is 0.299. The Hall–Kier alpha value is -0.370. The molecule has 1 aliphatic heterocycles. The van der Waals surface area contributed by atoms with Gasteiger partial charge in [0.15, 0.2) is 0 Å². The predicted molar refractivity (Wildman–Crippen MR) is 52.7 cm³/mol. The van der Waals surface area contributed by atoms with Crippen LogP contribution in [0.25, 0.3) is 0 Å². The van der Waals surface area contributed by atoms with Gasteiger partial charge >= 0.3 is 0 Å². The van der Waals surface area contributed by atoms with Gasteiger partial charge in [0, 0.05) is 12.5 Å². The minimum absolute atomic E-state index is 0.299. The van der Waals surface area contributed by atoms with E-state index in [9.17, 15) is 4.79 Å². The van der Waals surface area contributed by atoms with Gasteiger partial charge in [0.1, 0.15) is 5.78 Å². The van der Waals surface area contributed by atoms with E-state index in [0.29, 0.717) is 17.9 Å². The molecule has 2 nitrogen and oxygen atoms in total. The van der Waals surface area contributed by atoms with Gasteiger partial charge in [-0.05, 0) is 38.6 Å². The highest BCUT2D eigenvalue weighted by Gasteiger charge is 2.35. The molecule has 1 saturated heterocycles. The number of carbonyl (C=O) groups excluding carboxylic acids is 1. The maximum atomic E-state index is 11.6. The number of nitrogens with zero attached hydrogens (tertiary/aromatic N) is 1. The molecule has 13 heavy (non-hydrogen) atoms. The molecule has 2 unspecified atom stereocenters. The molecule has 74 valence electrons. The highest BCUT2D eigenvalue weighted by atomic mass is 16.1. The third-order valence-corrected chi connectivity index (χ3v) is 3.57. The van der Waals surface area contributed by atoms with Gasteiger partial charge in [-0.1, -0.05) is 6.92 Å². The van der Waals surface area contributed by atoms with Crippen LogP contribution in [0.5, 0.6) is 0 Å². The number of Topliss-reactive ketones (excluding diaryl/α,β-unsaturated/α-hetero) is 1. The fraction of sp³-hybridized carbons (Fsp3) is 0.909. The largest absolute Gasteiger partial charge is 0.298 e. The number of rotatable bonds is 2. The van der Waals surface area contributed by atoms with E-state index >= 15 is 0 Å². The lowest BCUT2D eigenvalue weighted by molar-refractivity contribution is -0.122. The molecule has 1 heterocycles. The zero-order valence-corrected chi connectivity index (χ0v) is 8.46. The Morgan fingerprint density at radius 1 is 1.38 bits per heavy atom. The maximum absolute atomic E-state index is 11.6. The third kappa shape index (κ3) is 1.64. The first-order chi connectivity index (χ1) is 6.33. The first kappa shape index (κ1) is 9.20. The normalized spacial score (nSPS) is 35.9. The number of ketones is 1. The first-order valence-corrected chi connectivity index (χ1v) is 5.61. The quantitative estimate of drug-likeness (QED) is 0.649. The Labute approximate surface area is 80.3 Å². The SMILES string of the molecule is CCC1CCCN1C1CCCC1=O. The Bertz CT molecular complexity index is 202. The van der Waals surface area contributed by atoms with Crippen LogP contribution in [-0.4, -0.2) is 29.3 Å². The van der Waals surface area contributed by atoms with Crippen molar-refractivity contribution in [2.75, 3.05) is 6.54 Å². The monoisotopic (exact) mass is 181 g/mol. The van der Waals surface area contributed by atoms with Gasteiger partial charge in [0.25, 0.3) is 0 Å². The number of hydrogen-bond donors (Lipinski definition) is 0. The Balaban J connectivity index is 2.02. The van der Waals surface area contributed by atoms with Gasteiger partial charge in [-0.3, -0.25) is 9.69 Å². The summed E-state index contributed by atoms with van der Waals surface area (Å²) in [5.74, 6) is 0.500. The van der Waals surface area contributed by atoms with Crippen molar-refractivity contribution >= 4 is 5.78 Å². The summed E-state index contributed by atoms with van der Waals surface area (Å²) in [6.07, 6.45) is 6.88. The summed E-state index contributed by atoms with van der Waals surface area (Å²) in [7, 11) is 0. The molecule has 2 aliphatic rings. The van der Waals surface area contributed by atoms with Crippen molar-refractivity contribution in [3.63, 3.8) is 0 Å². The molecule has 0 spiro atoms. The summed E-state index contributed by atoms with van der Waals surface area (Å²) in [4.78, 5) is 14.0. The van der Waals surface area contributed by atoms with Gasteiger partial charge in [0.2, 0.25) is 0 Å². The van der Waals surface area contributed by atoms with Crippen molar-refractivity contribution in [2.24, 2.45) is 0 Å². The molecule has 1 aliphatic carbocycles. The lowest BCUT2D eigenvalue weighted by atomic mass is 10.1. The van der Waals surface area contributed by atoms with Crippen molar-refractivity contribution in [1.82, 2.24) is 4.90 Å². The minimum Gasteiger partial charge on any atom is -0.298 e. The molecule has 0 radical (unpaired) electrons. The fourth-order valence-electron chi connectivity index (χ4n) is 2.85. The Morgan fingerprint density at radius 2 is 2.23 bits per heavy atom. The highest BCUT2D eigenvalue weighted by molar-refractivity contribution is 5.85. The molecule has 1 saturated carbocycles. The zero-order chi connectivity index (χ0) is 9.26. The van der Waals surface area contributed by atoms with Crippen LogP contribution < -0.4 is 0 Å². The Kier molecular flexibility index (Phi) is 2.68. The maximum Gasteiger partial charge on any atom is 0.149 e. The van der Waals surface area contributed by atoms with Crippen LogP contribution in [0.2, 0.25) is 0 Å². The molecule has 0 bridgehead atoms. The van der Waals surface area contributed by atoms with Crippen molar-refractivity contribution in [1.29, 1.82) is 0 Å². The zero-order valence-electron chi connectivity index (χ0n) is 8.46. The molecule has 2 atom stereocenters. The predicted octanol–water partition coefficient (Wildman–Crippen LogP) is 1.98. The average molecular weight is 181 g/mol. The van der Waals surface area contributed by atoms with Gasteiger partial charge < -0.3 is 0 Å². The van der Waals surface area contributed by atoms with E-state index in [1.807, 2.05) is 0 Å². The summed E-state index contributed by atoms with van der Waals surface area (Å²) in [5.41, 5.74) is 0. The van der Waals surface area contributed by atoms with Crippen LogP contribution in [0, 0.1) is 0 Å². The van der Waals surface area contributed by atoms with E-state index in [2.05, 4.69) is 11.8 Å². The molecule has 0 aromatic carbocycles. The molecule has 2 rings (SSSR count). The van der Waals surface area contributed by atoms with Gasteiger partial charge in [-0.2, -0.15) is 0 Å². The summed E-state index contributed by atoms with van der Waals surface area (Å²) in [6.45, 7) is 3.40. The van der Waals surface area contributed by atoms with Crippen molar-refractivity contribution < 1.29 is 4.79 Å². The molecule has 2 fully saturated rings. The topological polar surface area (TPSA) is 20.3 Å². The highest BCUT2D eigenvalue weighted by Crippen LogP contribution is 2.29. The number of hydrogen-bond acceptors (Lipinski definition) is 2. The molecule has 0 amide bonds. The lowest BCUT2D eigenvalue weighted by Crippen LogP contribution is -2.41. The third-order valence-electron chi connectivity index (χ3n) is 3.57. The van der Waals surface area contributed by atoms with Crippen LogP contribution in [0.1, 0.15) is 45.4 Å². The van der Waals surface area contributed by atoms with E-state index < -0.39 is 0 Å². The number of likely N-dealkylation sites (tertiary alicyclic amines) is 1. The van der Waals surface area contributed by atoms with Crippen LogP contribution in [0.4, 0.5) is 0 Å². The Morgan fingerprint density at radius 3 is 2.85 bits per heavy atom. The molecule has 2 heteroatoms. The molecule has 0 aromatic rings. The second kappa shape index (κ2) is 3.79. The second-order valence-electron chi connectivity index (χ2n) is 4.32. The van der Waals surface area contributed by atoms with Crippen molar-refractivity contribution in [3.05, 3.63) is 0 Å². The first-order valence-electron chi connectivity index (χ1n) is 5.61. The fourth-order valence-corrected chi connectivity index (χ4v) is 2.85. The number of carbonyl (C=O) groups is 1. The molecular weight excluding hydrogens is 162 g/mol. The van der Waals surface area contributed by atoms with Gasteiger partial charge in [-0.25, -0.2) is 0 Å². The average Bonchev–Trinajstić information content (AvgIpc) is 2.71. The standard InChI is InChI=1S/C11H19NO/c1-2-9-5-4-8-12(9)10-6-3-7-11(10)13/h9-10H,2-8H2,1H3. The van der Waals surface area contributed by atoms with E-state index in [0.717, 1.165) is 25.8 Å². The van der Waals surface area contributed by atoms with Crippen LogP contribution >= 0.6 is 0 Å². The molecule has 0 aromatic heterocycles. The summed E-state index contributed by atoms with van der Waals surface area (Å²) < 4.78 is 0. The van der Waals surface area contributed by atoms with E-state index in [1.165, 1.54) is 19.3 Å². The summed E-state index contributed by atoms with van der Waals surface area (Å²) >= 11 is 0. The van der Waals surface area contributed by atoms with Crippen LogP contribution in [0.15, 0.2) is 0 Å². The van der Waals surface area contributed by atoms with Crippen molar-refractivity contribution in [3.8, 4) is 0 Å². The second-order valence-corrected chi connectivity index (χ2v) is 4.32. The van der Waals surface area contributed by atoms with Crippen LogP contribution in [-0.2, 0) is 4.79 Å². The van der Waals surface area contributed by atoms with Crippen molar-refractivity contribution in [2.45, 2.75) is 57.5 Å². The summed E-state index contributed by atoms with van der Waals surface area (Å²) in [5, 5.41) is 0. The van der Waals surface area contributed by atoms with Crippen LogP contribution in [0.3, 0.4) is 0 Å².